The minimum Gasteiger partial charge on any atom is -0.544 e. The van der Waals surface area contributed by atoms with E-state index in [4.69, 9.17) is 4.74 Å². The van der Waals surface area contributed by atoms with E-state index in [1.54, 1.807) is 0 Å². The largest absolute Gasteiger partial charge is 0.544 e. The second-order valence-corrected chi connectivity index (χ2v) is 7.04. The first-order valence-corrected chi connectivity index (χ1v) is 5.91. The SMILES string of the molecule is C[C-]1OC(C)(C)C(C)(C)C(C)(C)C1(C)C.[Au].[CH3-].[CH3-].[Y]. The Labute approximate surface area is 163 Å². The van der Waals surface area contributed by atoms with Gasteiger partial charge in [0.1, 0.15) is 0 Å². The summed E-state index contributed by atoms with van der Waals surface area (Å²) in [4.78, 5) is 0. The monoisotopic (exact) mass is 527 g/mol. The summed E-state index contributed by atoms with van der Waals surface area (Å²) in [6, 6.07) is 0. The number of rotatable bonds is 0. The molecule has 1 saturated heterocycles. The van der Waals surface area contributed by atoms with Crippen molar-refractivity contribution in [2.45, 2.75) is 67.9 Å². The summed E-state index contributed by atoms with van der Waals surface area (Å²) in [6.07, 6.45) is 1.16. The second-order valence-electron chi connectivity index (χ2n) is 7.04. The standard InChI is InChI=1S/C14H27O.2CH3.Au.Y/c1-10-11(2,3)12(4,5)13(6,7)14(8,9)15-10;;;;/h1-9H3;2*1H3;;/q3*-1;;. The van der Waals surface area contributed by atoms with Gasteiger partial charge in [0.2, 0.25) is 0 Å². The summed E-state index contributed by atoms with van der Waals surface area (Å²) in [6.45, 7) is 20.5. The van der Waals surface area contributed by atoms with Gasteiger partial charge in [0.15, 0.2) is 0 Å². The van der Waals surface area contributed by atoms with Crippen LogP contribution in [0.4, 0.5) is 0 Å². The summed E-state index contributed by atoms with van der Waals surface area (Å²) >= 11 is 0. The van der Waals surface area contributed by atoms with Gasteiger partial charge < -0.3 is 19.6 Å². The summed E-state index contributed by atoms with van der Waals surface area (Å²) in [5, 5.41) is 0. The van der Waals surface area contributed by atoms with Crippen molar-refractivity contribution < 1.29 is 59.8 Å². The van der Waals surface area contributed by atoms with Crippen molar-refractivity contribution in [2.75, 3.05) is 0 Å². The zero-order chi connectivity index (χ0) is 12.3. The van der Waals surface area contributed by atoms with Crippen molar-refractivity contribution in [1.29, 1.82) is 0 Å². The zero-order valence-corrected chi connectivity index (χ0v) is 19.8. The molecule has 0 N–H and O–H groups in total. The third kappa shape index (κ3) is 3.96. The first-order valence-electron chi connectivity index (χ1n) is 5.91. The molecular weight excluding hydrogens is 494 g/mol. The van der Waals surface area contributed by atoms with Crippen molar-refractivity contribution in [2.24, 2.45) is 16.2 Å². The first kappa shape index (κ1) is 28.9. The molecule has 0 amide bonds. The molecule has 1 aliphatic rings. The van der Waals surface area contributed by atoms with Gasteiger partial charge in [0, 0.05) is 60.7 Å². The van der Waals surface area contributed by atoms with E-state index in [-0.39, 0.29) is 91.8 Å². The van der Waals surface area contributed by atoms with E-state index in [9.17, 15) is 0 Å². The molecule has 0 aliphatic carbocycles. The van der Waals surface area contributed by atoms with Crippen LogP contribution in [-0.4, -0.2) is 5.60 Å². The van der Waals surface area contributed by atoms with Crippen LogP contribution in [0, 0.1) is 37.2 Å². The van der Waals surface area contributed by atoms with Crippen LogP contribution in [0.25, 0.3) is 0 Å². The van der Waals surface area contributed by atoms with E-state index in [0.29, 0.717) is 0 Å². The fourth-order valence-corrected chi connectivity index (χ4v) is 2.61. The van der Waals surface area contributed by atoms with Gasteiger partial charge in [0.05, 0.1) is 0 Å². The maximum absolute atomic E-state index is 6.16. The Balaban J connectivity index is -0.000000281. The molecule has 0 aromatic carbocycles. The van der Waals surface area contributed by atoms with E-state index in [1.807, 2.05) is 0 Å². The molecule has 2 radical (unpaired) electrons. The predicted octanol–water partition coefficient (Wildman–Crippen LogP) is 5.32. The molecule has 0 atom stereocenters. The maximum Gasteiger partial charge on any atom is 0.0348 e. The Kier molecular flexibility index (Phi) is 12.0. The van der Waals surface area contributed by atoms with Crippen molar-refractivity contribution in [3.63, 3.8) is 0 Å². The van der Waals surface area contributed by atoms with E-state index < -0.39 is 0 Å². The molecule has 0 unspecified atom stereocenters. The fraction of sp³-hybridized carbons (Fsp3) is 0.812. The van der Waals surface area contributed by atoms with Gasteiger partial charge >= 0.3 is 0 Å². The van der Waals surface area contributed by atoms with Gasteiger partial charge in [-0.05, 0) is 24.7 Å². The van der Waals surface area contributed by atoms with Crippen molar-refractivity contribution in [3.05, 3.63) is 21.0 Å². The Morgan fingerprint density at radius 3 is 1.37 bits per heavy atom. The van der Waals surface area contributed by atoms with Crippen LogP contribution in [0.2, 0.25) is 0 Å². The van der Waals surface area contributed by atoms with E-state index >= 15 is 0 Å². The Morgan fingerprint density at radius 1 is 0.737 bits per heavy atom. The molecule has 0 bridgehead atoms. The summed E-state index contributed by atoms with van der Waals surface area (Å²) in [7, 11) is 0. The second kappa shape index (κ2) is 7.88. The molecule has 0 aromatic rings. The minimum absolute atomic E-state index is 0. The summed E-state index contributed by atoms with van der Waals surface area (Å²) in [5.74, 6) is 0. The quantitative estimate of drug-likeness (QED) is 0.306. The van der Waals surface area contributed by atoms with Crippen LogP contribution >= 0.6 is 0 Å². The average Bonchev–Trinajstić information content (AvgIpc) is 2.00. The van der Waals surface area contributed by atoms with Crippen LogP contribution in [-0.2, 0) is 59.8 Å². The van der Waals surface area contributed by atoms with Gasteiger partial charge in [-0.3, -0.25) is 0 Å². The topological polar surface area (TPSA) is 9.23 Å². The van der Waals surface area contributed by atoms with Gasteiger partial charge in [0.25, 0.3) is 0 Å². The van der Waals surface area contributed by atoms with E-state index in [0.717, 1.165) is 6.10 Å². The molecular formula is C16H33AuOY-3. The van der Waals surface area contributed by atoms with Crippen LogP contribution in [0.5, 0.6) is 0 Å². The Morgan fingerprint density at radius 2 is 1.05 bits per heavy atom. The molecule has 1 heterocycles. The minimum atomic E-state index is -0.101. The van der Waals surface area contributed by atoms with Crippen LogP contribution in [0.3, 0.4) is 0 Å². The van der Waals surface area contributed by atoms with E-state index in [2.05, 4.69) is 62.3 Å². The van der Waals surface area contributed by atoms with Crippen molar-refractivity contribution in [1.82, 2.24) is 0 Å². The maximum atomic E-state index is 6.16. The summed E-state index contributed by atoms with van der Waals surface area (Å²) < 4.78 is 6.16. The van der Waals surface area contributed by atoms with E-state index in [1.165, 1.54) is 0 Å². The number of hydrogen-bond donors (Lipinski definition) is 0. The molecule has 3 heteroatoms. The van der Waals surface area contributed by atoms with Crippen LogP contribution in [0.1, 0.15) is 62.3 Å². The zero-order valence-electron chi connectivity index (χ0n) is 14.8. The van der Waals surface area contributed by atoms with Gasteiger partial charge in [-0.2, -0.15) is 13.0 Å². The molecule has 0 spiro atoms. The van der Waals surface area contributed by atoms with Gasteiger partial charge in [-0.25, -0.2) is 0 Å². The van der Waals surface area contributed by atoms with Gasteiger partial charge in [-0.1, -0.05) is 41.5 Å². The molecule has 19 heavy (non-hydrogen) atoms. The normalized spacial score (nSPS) is 25.7. The molecule has 1 fully saturated rings. The number of ether oxygens (including phenoxy) is 1. The predicted molar refractivity (Wildman–Crippen MR) is 78.3 cm³/mol. The molecule has 120 valence electrons. The third-order valence-corrected chi connectivity index (χ3v) is 5.92. The molecule has 1 aliphatic heterocycles. The van der Waals surface area contributed by atoms with Gasteiger partial charge in [-0.15, -0.1) is 5.41 Å². The molecule has 0 saturated carbocycles. The third-order valence-electron chi connectivity index (χ3n) is 5.92. The first-order chi connectivity index (χ1) is 6.38. The fourth-order valence-electron chi connectivity index (χ4n) is 2.61. The van der Waals surface area contributed by atoms with Crippen LogP contribution in [0.15, 0.2) is 0 Å². The average molecular weight is 527 g/mol. The Bertz CT molecular complexity index is 270. The Hall–Kier alpha value is 1.80. The smallest absolute Gasteiger partial charge is 0.0348 e. The summed E-state index contributed by atoms with van der Waals surface area (Å²) in [5.41, 5.74) is 0.372. The van der Waals surface area contributed by atoms with Crippen molar-refractivity contribution >= 4 is 0 Å². The molecule has 0 aromatic heterocycles. The van der Waals surface area contributed by atoms with Crippen LogP contribution < -0.4 is 0 Å². The molecule has 1 rings (SSSR count). The molecule has 1 nitrogen and oxygen atoms in total. The van der Waals surface area contributed by atoms with Crippen molar-refractivity contribution in [3.8, 4) is 0 Å². The number of hydrogen-bond acceptors (Lipinski definition) is 1.